The maximum Gasteiger partial charge on any atom is 0.275 e. The summed E-state index contributed by atoms with van der Waals surface area (Å²) in [5.74, 6) is 1.15. The standard InChI is InChI=1S/C20H22N8O/c1-12-3-4-16(28-23-5-6-24-28)19(25-12)20(29)27-11-14-7-15(17(27)8-14)26-18-10-21-13(2)9-22-18/h3-6,9-10,14-15,17H,7-8,11H2,1-2H3,(H,22,26). The Morgan fingerprint density at radius 1 is 1.07 bits per heavy atom. The number of nitrogens with one attached hydrogen (secondary N) is 1. The zero-order chi connectivity index (χ0) is 20.0. The molecule has 1 amide bonds. The fourth-order valence-electron chi connectivity index (χ4n) is 4.42. The molecular weight excluding hydrogens is 368 g/mol. The van der Waals surface area contributed by atoms with E-state index in [1.165, 1.54) is 4.80 Å². The summed E-state index contributed by atoms with van der Waals surface area (Å²) in [5.41, 5.74) is 2.66. The molecule has 1 saturated carbocycles. The summed E-state index contributed by atoms with van der Waals surface area (Å²) in [6, 6.07) is 3.98. The zero-order valence-electron chi connectivity index (χ0n) is 16.4. The van der Waals surface area contributed by atoms with Gasteiger partial charge in [0.25, 0.3) is 5.91 Å². The van der Waals surface area contributed by atoms with Crippen molar-refractivity contribution in [1.82, 2.24) is 34.8 Å². The summed E-state index contributed by atoms with van der Waals surface area (Å²) in [7, 11) is 0. The number of anilines is 1. The summed E-state index contributed by atoms with van der Waals surface area (Å²) in [4.78, 5) is 30.1. The molecule has 3 aromatic rings. The molecule has 1 N–H and O–H groups in total. The predicted octanol–water partition coefficient (Wildman–Crippen LogP) is 1.78. The van der Waals surface area contributed by atoms with Gasteiger partial charge in [-0.25, -0.2) is 9.97 Å². The molecule has 3 atom stereocenters. The number of likely N-dealkylation sites (tertiary alicyclic amines) is 1. The van der Waals surface area contributed by atoms with Crippen LogP contribution in [0.15, 0.2) is 36.9 Å². The molecule has 1 aliphatic carbocycles. The van der Waals surface area contributed by atoms with Crippen molar-refractivity contribution in [1.29, 1.82) is 0 Å². The van der Waals surface area contributed by atoms with Crippen LogP contribution in [0.1, 0.15) is 34.7 Å². The first-order chi connectivity index (χ1) is 14.1. The largest absolute Gasteiger partial charge is 0.364 e. The molecule has 148 valence electrons. The molecule has 1 aliphatic heterocycles. The third kappa shape index (κ3) is 3.22. The Hall–Kier alpha value is -3.36. The van der Waals surface area contributed by atoms with Crippen molar-refractivity contribution in [2.45, 2.75) is 38.8 Å². The number of amides is 1. The number of piperidine rings is 1. The minimum atomic E-state index is -0.0741. The van der Waals surface area contributed by atoms with Crippen LogP contribution in [0.5, 0.6) is 0 Å². The second-order valence-corrected chi connectivity index (χ2v) is 7.80. The van der Waals surface area contributed by atoms with E-state index in [9.17, 15) is 4.79 Å². The van der Waals surface area contributed by atoms with Crippen molar-refractivity contribution in [2.75, 3.05) is 11.9 Å². The maximum absolute atomic E-state index is 13.5. The predicted molar refractivity (Wildman–Crippen MR) is 106 cm³/mol. The van der Waals surface area contributed by atoms with Gasteiger partial charge in [0.1, 0.15) is 11.5 Å². The zero-order valence-corrected chi connectivity index (χ0v) is 16.4. The fraction of sp³-hybridized carbons (Fsp3) is 0.400. The Balaban J connectivity index is 1.41. The van der Waals surface area contributed by atoms with Gasteiger partial charge in [-0.05, 0) is 44.7 Å². The van der Waals surface area contributed by atoms with Gasteiger partial charge in [-0.2, -0.15) is 10.2 Å². The van der Waals surface area contributed by atoms with Crippen LogP contribution in [0, 0.1) is 19.8 Å². The van der Waals surface area contributed by atoms with Crippen molar-refractivity contribution in [3.8, 4) is 5.69 Å². The fourth-order valence-corrected chi connectivity index (χ4v) is 4.42. The van der Waals surface area contributed by atoms with Gasteiger partial charge in [0.05, 0.1) is 36.5 Å². The van der Waals surface area contributed by atoms with Crippen molar-refractivity contribution >= 4 is 11.7 Å². The van der Waals surface area contributed by atoms with Gasteiger partial charge in [-0.1, -0.05) is 0 Å². The first-order valence-corrected chi connectivity index (χ1v) is 9.79. The van der Waals surface area contributed by atoms with E-state index < -0.39 is 0 Å². The van der Waals surface area contributed by atoms with Gasteiger partial charge < -0.3 is 10.2 Å². The first kappa shape index (κ1) is 17.7. The number of hydrogen-bond donors (Lipinski definition) is 1. The SMILES string of the molecule is Cc1cnc(NC2CC3CC2N(C(=O)c2nc(C)ccc2-n2nccn2)C3)cn1. The Morgan fingerprint density at radius 2 is 1.90 bits per heavy atom. The molecule has 2 bridgehead atoms. The number of carbonyl (C=O) groups excluding carboxylic acids is 1. The van der Waals surface area contributed by atoms with Crippen LogP contribution < -0.4 is 5.32 Å². The van der Waals surface area contributed by atoms with Gasteiger partial charge in [0.15, 0.2) is 5.69 Å². The number of aromatic nitrogens is 6. The average Bonchev–Trinajstić information content (AvgIpc) is 3.46. The highest BCUT2D eigenvalue weighted by Crippen LogP contribution is 2.40. The monoisotopic (exact) mass is 390 g/mol. The number of carbonyl (C=O) groups is 1. The Labute approximate surface area is 168 Å². The van der Waals surface area contributed by atoms with Crippen LogP contribution >= 0.6 is 0 Å². The van der Waals surface area contributed by atoms with Crippen LogP contribution in [-0.2, 0) is 0 Å². The van der Waals surface area contributed by atoms with Crippen molar-refractivity contribution in [3.63, 3.8) is 0 Å². The molecule has 3 aromatic heterocycles. The summed E-state index contributed by atoms with van der Waals surface area (Å²) in [6.07, 6.45) is 8.70. The molecule has 5 rings (SSSR count). The molecule has 4 heterocycles. The molecule has 9 heteroatoms. The number of nitrogens with zero attached hydrogens (tertiary/aromatic N) is 7. The van der Waals surface area contributed by atoms with Gasteiger partial charge in [-0.15, -0.1) is 4.80 Å². The Morgan fingerprint density at radius 3 is 2.62 bits per heavy atom. The minimum Gasteiger partial charge on any atom is -0.364 e. The lowest BCUT2D eigenvalue weighted by atomic mass is 10.0. The van der Waals surface area contributed by atoms with Gasteiger partial charge >= 0.3 is 0 Å². The lowest BCUT2D eigenvalue weighted by Gasteiger charge is -2.34. The number of aryl methyl sites for hydroxylation is 2. The molecule has 2 aliphatic rings. The summed E-state index contributed by atoms with van der Waals surface area (Å²) >= 11 is 0. The molecule has 0 spiro atoms. The highest BCUT2D eigenvalue weighted by molar-refractivity contribution is 5.96. The molecule has 3 unspecified atom stereocenters. The van der Waals surface area contributed by atoms with E-state index in [1.807, 2.05) is 30.9 Å². The van der Waals surface area contributed by atoms with Gasteiger partial charge in [0.2, 0.25) is 0 Å². The van der Waals surface area contributed by atoms with Crippen molar-refractivity contribution in [3.05, 3.63) is 54.0 Å². The van der Waals surface area contributed by atoms with Crippen molar-refractivity contribution < 1.29 is 4.79 Å². The van der Waals surface area contributed by atoms with E-state index in [0.29, 0.717) is 17.3 Å². The second-order valence-electron chi connectivity index (χ2n) is 7.80. The number of pyridine rings is 1. The Kier molecular flexibility index (Phi) is 4.22. The number of fused-ring (bicyclic) bond motifs is 2. The van der Waals surface area contributed by atoms with Gasteiger partial charge in [0, 0.05) is 18.3 Å². The quantitative estimate of drug-likeness (QED) is 0.724. The van der Waals surface area contributed by atoms with E-state index in [-0.39, 0.29) is 18.0 Å². The molecule has 0 aromatic carbocycles. The topological polar surface area (TPSA) is 102 Å². The Bertz CT molecular complexity index is 1030. The number of hydrogen-bond acceptors (Lipinski definition) is 7. The summed E-state index contributed by atoms with van der Waals surface area (Å²) < 4.78 is 0. The summed E-state index contributed by atoms with van der Waals surface area (Å²) in [5, 5.41) is 11.8. The molecule has 1 saturated heterocycles. The van der Waals surface area contributed by atoms with Crippen LogP contribution in [0.4, 0.5) is 5.82 Å². The third-order valence-electron chi connectivity index (χ3n) is 5.71. The van der Waals surface area contributed by atoms with E-state index in [2.05, 4.69) is 30.5 Å². The van der Waals surface area contributed by atoms with Crippen LogP contribution in [0.3, 0.4) is 0 Å². The first-order valence-electron chi connectivity index (χ1n) is 9.79. The summed E-state index contributed by atoms with van der Waals surface area (Å²) in [6.45, 7) is 4.55. The van der Waals surface area contributed by atoms with Crippen LogP contribution in [0.2, 0.25) is 0 Å². The van der Waals surface area contributed by atoms with Gasteiger partial charge in [-0.3, -0.25) is 9.78 Å². The molecule has 9 nitrogen and oxygen atoms in total. The lowest BCUT2D eigenvalue weighted by molar-refractivity contribution is 0.0685. The van der Waals surface area contributed by atoms with Crippen LogP contribution in [0.25, 0.3) is 5.69 Å². The lowest BCUT2D eigenvalue weighted by Crippen LogP contribution is -2.48. The smallest absolute Gasteiger partial charge is 0.275 e. The van der Waals surface area contributed by atoms with E-state index in [0.717, 1.165) is 36.6 Å². The van der Waals surface area contributed by atoms with Crippen LogP contribution in [-0.4, -0.2) is 59.4 Å². The van der Waals surface area contributed by atoms with Crippen molar-refractivity contribution in [2.24, 2.45) is 5.92 Å². The second kappa shape index (κ2) is 6.91. The van der Waals surface area contributed by atoms with E-state index >= 15 is 0 Å². The minimum absolute atomic E-state index is 0.0741. The normalized spacial score (nSPS) is 22.8. The highest BCUT2D eigenvalue weighted by Gasteiger charge is 2.47. The van der Waals surface area contributed by atoms with E-state index in [4.69, 9.17) is 0 Å². The molecular formula is C20H22N8O. The average molecular weight is 390 g/mol. The molecule has 2 fully saturated rings. The highest BCUT2D eigenvalue weighted by atomic mass is 16.2. The maximum atomic E-state index is 13.5. The number of rotatable bonds is 4. The molecule has 0 radical (unpaired) electrons. The van der Waals surface area contributed by atoms with E-state index in [1.54, 1.807) is 24.8 Å². The third-order valence-corrected chi connectivity index (χ3v) is 5.71. The molecule has 29 heavy (non-hydrogen) atoms.